The smallest absolute Gasteiger partial charge is 0.194 e. The minimum absolute atomic E-state index is 0.141. The molecule has 0 bridgehead atoms. The molecule has 2 aromatic carbocycles. The molecule has 0 amide bonds. The lowest BCUT2D eigenvalue weighted by Crippen LogP contribution is -2.25. The van der Waals surface area contributed by atoms with Crippen LogP contribution in [0.15, 0.2) is 24.3 Å². The van der Waals surface area contributed by atoms with Crippen molar-refractivity contribution < 1.29 is 22.0 Å². The molecule has 0 atom stereocenters. The van der Waals surface area contributed by atoms with Crippen LogP contribution >= 0.6 is 0 Å². The summed E-state index contributed by atoms with van der Waals surface area (Å²) in [6, 6.07) is 5.24. The van der Waals surface area contributed by atoms with Gasteiger partial charge in [0.25, 0.3) is 0 Å². The van der Waals surface area contributed by atoms with Gasteiger partial charge in [0.05, 0.1) is 0 Å². The molecular formula is C35H45F5. The fraction of sp³-hybridized carbons (Fsp3) is 0.657. The zero-order valence-corrected chi connectivity index (χ0v) is 24.0. The first-order chi connectivity index (χ1) is 19.3. The van der Waals surface area contributed by atoms with E-state index in [2.05, 4.69) is 6.92 Å². The Hall–Kier alpha value is -1.91. The first-order valence-corrected chi connectivity index (χ1v) is 16.0. The van der Waals surface area contributed by atoms with E-state index in [4.69, 9.17) is 0 Å². The van der Waals surface area contributed by atoms with Gasteiger partial charge in [-0.05, 0) is 135 Å². The molecule has 40 heavy (non-hydrogen) atoms. The first kappa shape index (κ1) is 29.6. The SMILES string of the molecule is CCCCCC1CCC(C2CCC(c3cc(F)c(C4CCC(c5cc(F)c(F)c(F)c5)CC4)c(F)c3)CC2)CC1. The second-order valence-electron chi connectivity index (χ2n) is 13.1. The maximum atomic E-state index is 15.4. The van der Waals surface area contributed by atoms with E-state index < -0.39 is 29.1 Å². The minimum atomic E-state index is -1.46. The molecule has 220 valence electrons. The van der Waals surface area contributed by atoms with Gasteiger partial charge in [-0.15, -0.1) is 0 Å². The Morgan fingerprint density at radius 2 is 0.950 bits per heavy atom. The average molecular weight is 561 g/mol. The number of hydrogen-bond donors (Lipinski definition) is 0. The molecule has 0 aliphatic heterocycles. The summed E-state index contributed by atoms with van der Waals surface area (Å²) in [7, 11) is 0. The van der Waals surface area contributed by atoms with Crippen LogP contribution in [0.3, 0.4) is 0 Å². The highest BCUT2D eigenvalue weighted by molar-refractivity contribution is 5.32. The molecule has 3 saturated carbocycles. The topological polar surface area (TPSA) is 0 Å². The van der Waals surface area contributed by atoms with E-state index >= 15 is 8.78 Å². The molecular weight excluding hydrogens is 515 g/mol. The second kappa shape index (κ2) is 13.4. The molecule has 5 heteroatoms. The van der Waals surface area contributed by atoms with Crippen molar-refractivity contribution in [1.82, 2.24) is 0 Å². The first-order valence-electron chi connectivity index (χ1n) is 16.0. The molecule has 0 spiro atoms. The van der Waals surface area contributed by atoms with Gasteiger partial charge in [0.1, 0.15) is 11.6 Å². The summed E-state index contributed by atoms with van der Waals surface area (Å²) >= 11 is 0. The third-order valence-corrected chi connectivity index (χ3v) is 10.7. The van der Waals surface area contributed by atoms with Crippen molar-refractivity contribution in [3.05, 3.63) is 70.0 Å². The fourth-order valence-electron chi connectivity index (χ4n) is 8.31. The van der Waals surface area contributed by atoms with E-state index in [-0.39, 0.29) is 23.3 Å². The van der Waals surface area contributed by atoms with Crippen molar-refractivity contribution in [2.45, 2.75) is 127 Å². The van der Waals surface area contributed by atoms with Crippen molar-refractivity contribution >= 4 is 0 Å². The molecule has 3 fully saturated rings. The molecule has 2 aromatic rings. The average Bonchev–Trinajstić information content (AvgIpc) is 2.96. The molecule has 0 N–H and O–H groups in total. The summed E-state index contributed by atoms with van der Waals surface area (Å²) in [6.45, 7) is 2.27. The van der Waals surface area contributed by atoms with Gasteiger partial charge in [-0.3, -0.25) is 0 Å². The van der Waals surface area contributed by atoms with E-state index in [1.54, 1.807) is 12.1 Å². The van der Waals surface area contributed by atoms with E-state index in [1.165, 1.54) is 51.4 Å². The number of unbranched alkanes of at least 4 members (excludes halogenated alkanes) is 2. The second-order valence-corrected chi connectivity index (χ2v) is 13.1. The molecule has 3 aliphatic rings. The number of hydrogen-bond acceptors (Lipinski definition) is 0. The lowest BCUT2D eigenvalue weighted by molar-refractivity contribution is 0.155. The van der Waals surface area contributed by atoms with Gasteiger partial charge >= 0.3 is 0 Å². The minimum Gasteiger partial charge on any atom is -0.207 e. The normalized spacial score (nSPS) is 29.4. The van der Waals surface area contributed by atoms with E-state index in [0.717, 1.165) is 61.1 Å². The maximum Gasteiger partial charge on any atom is 0.194 e. The molecule has 0 heterocycles. The summed E-state index contributed by atoms with van der Waals surface area (Å²) in [6.07, 6.45) is 17.4. The number of benzene rings is 2. The van der Waals surface area contributed by atoms with Crippen LogP contribution < -0.4 is 0 Å². The van der Waals surface area contributed by atoms with Gasteiger partial charge in [-0.2, -0.15) is 0 Å². The summed E-state index contributed by atoms with van der Waals surface area (Å²) in [4.78, 5) is 0. The van der Waals surface area contributed by atoms with Crippen LogP contribution in [0.1, 0.15) is 144 Å². The summed E-state index contributed by atoms with van der Waals surface area (Å²) < 4.78 is 71.5. The van der Waals surface area contributed by atoms with Crippen molar-refractivity contribution in [1.29, 1.82) is 0 Å². The van der Waals surface area contributed by atoms with E-state index in [0.29, 0.717) is 31.2 Å². The van der Waals surface area contributed by atoms with Gasteiger partial charge < -0.3 is 0 Å². The van der Waals surface area contributed by atoms with Crippen LogP contribution in [-0.2, 0) is 0 Å². The third kappa shape index (κ3) is 6.76. The van der Waals surface area contributed by atoms with Gasteiger partial charge in [0.15, 0.2) is 17.5 Å². The highest BCUT2D eigenvalue weighted by Gasteiger charge is 2.33. The predicted molar refractivity (Wildman–Crippen MR) is 151 cm³/mol. The zero-order chi connectivity index (χ0) is 28.2. The van der Waals surface area contributed by atoms with Gasteiger partial charge in [0.2, 0.25) is 0 Å². The molecule has 3 aliphatic carbocycles. The quantitative estimate of drug-likeness (QED) is 0.171. The van der Waals surface area contributed by atoms with Gasteiger partial charge in [0, 0.05) is 5.56 Å². The van der Waals surface area contributed by atoms with Gasteiger partial charge in [-0.1, -0.05) is 45.4 Å². The summed E-state index contributed by atoms with van der Waals surface area (Å²) in [5.41, 5.74) is 1.37. The Kier molecular flexibility index (Phi) is 9.89. The molecule has 0 aromatic heterocycles. The van der Waals surface area contributed by atoms with Crippen molar-refractivity contribution in [3.8, 4) is 0 Å². The standard InChI is InChI=1S/C35H45F5/c1-2-3-4-5-22-6-8-23(9-7-22)24-10-12-25(13-11-24)28-18-30(36)34(31(37)19-28)27-16-14-26(15-17-27)29-20-32(38)35(40)33(39)21-29/h18-27H,2-17H2,1H3. The van der Waals surface area contributed by atoms with Crippen molar-refractivity contribution in [2.24, 2.45) is 17.8 Å². The lowest BCUT2D eigenvalue weighted by Gasteiger charge is -2.38. The van der Waals surface area contributed by atoms with Crippen LogP contribution in [0.25, 0.3) is 0 Å². The molecule has 0 radical (unpaired) electrons. The van der Waals surface area contributed by atoms with Crippen molar-refractivity contribution in [2.75, 3.05) is 0 Å². The highest BCUT2D eigenvalue weighted by Crippen LogP contribution is 2.46. The summed E-state index contributed by atoms with van der Waals surface area (Å²) in [5.74, 6) is -2.42. The van der Waals surface area contributed by atoms with Crippen molar-refractivity contribution in [3.63, 3.8) is 0 Å². The van der Waals surface area contributed by atoms with Crippen LogP contribution in [0.4, 0.5) is 22.0 Å². The molecule has 0 unspecified atom stereocenters. The molecule has 0 nitrogen and oxygen atoms in total. The largest absolute Gasteiger partial charge is 0.207 e. The monoisotopic (exact) mass is 560 g/mol. The highest BCUT2D eigenvalue weighted by atomic mass is 19.2. The Morgan fingerprint density at radius 3 is 1.45 bits per heavy atom. The van der Waals surface area contributed by atoms with E-state index in [9.17, 15) is 13.2 Å². The van der Waals surface area contributed by atoms with E-state index in [1.807, 2.05) is 0 Å². The predicted octanol–water partition coefficient (Wildman–Crippen LogP) is 11.5. The molecule has 5 rings (SSSR count). The summed E-state index contributed by atoms with van der Waals surface area (Å²) in [5, 5.41) is 0. The Balaban J connectivity index is 1.13. The van der Waals surface area contributed by atoms with Crippen LogP contribution in [-0.4, -0.2) is 0 Å². The third-order valence-electron chi connectivity index (χ3n) is 10.7. The number of halogens is 5. The maximum absolute atomic E-state index is 15.4. The lowest BCUT2D eigenvalue weighted by atomic mass is 9.68. The van der Waals surface area contributed by atoms with Crippen LogP contribution in [0.5, 0.6) is 0 Å². The Labute approximate surface area is 237 Å². The number of rotatable bonds is 8. The van der Waals surface area contributed by atoms with Crippen LogP contribution in [0.2, 0.25) is 0 Å². The van der Waals surface area contributed by atoms with Crippen LogP contribution in [0, 0.1) is 46.8 Å². The van der Waals surface area contributed by atoms with Gasteiger partial charge in [-0.25, -0.2) is 22.0 Å². The Morgan fingerprint density at radius 1 is 0.525 bits per heavy atom. The zero-order valence-electron chi connectivity index (χ0n) is 24.0. The fourth-order valence-corrected chi connectivity index (χ4v) is 8.31. The molecule has 0 saturated heterocycles. The Bertz CT molecular complexity index is 1070.